The van der Waals surface area contributed by atoms with Crippen LogP contribution in [0, 0.1) is 0 Å². The number of aromatic nitrogens is 5. The Morgan fingerprint density at radius 1 is 0.767 bits per heavy atom. The summed E-state index contributed by atoms with van der Waals surface area (Å²) in [4.78, 5) is 48.8. The van der Waals surface area contributed by atoms with Crippen molar-refractivity contribution in [3.05, 3.63) is 40.2 Å². The fourth-order valence-corrected chi connectivity index (χ4v) is 8.25. The van der Waals surface area contributed by atoms with Gasteiger partial charge in [-0.15, -0.1) is 20.5 Å². The number of benzene rings is 2. The average molecular weight is 900 g/mol. The Morgan fingerprint density at radius 3 is 1.72 bits per heavy atom. The lowest BCUT2D eigenvalue weighted by atomic mass is 10.2. The highest BCUT2D eigenvalue weighted by Crippen LogP contribution is 2.43. The highest BCUT2D eigenvalue weighted by atomic mass is 32.2. The predicted octanol–water partition coefficient (Wildman–Crippen LogP) is 7.77. The number of methoxy groups -OCH3 is 2. The molecule has 21 nitrogen and oxygen atoms in total. The van der Waals surface area contributed by atoms with E-state index in [1.807, 2.05) is 38.7 Å². The fourth-order valence-electron chi connectivity index (χ4n) is 5.52. The lowest BCUT2D eigenvalue weighted by Gasteiger charge is -2.25. The van der Waals surface area contributed by atoms with E-state index < -0.39 is 15.1 Å². The van der Waals surface area contributed by atoms with Crippen LogP contribution in [0.15, 0.2) is 61.1 Å². The van der Waals surface area contributed by atoms with Crippen molar-refractivity contribution in [2.24, 2.45) is 20.5 Å². The molecule has 0 fully saturated rings. The van der Waals surface area contributed by atoms with Crippen molar-refractivity contribution in [3.63, 3.8) is 0 Å². The average Bonchev–Trinajstić information content (AvgIpc) is 3.90. The minimum absolute atomic E-state index is 0.0519. The summed E-state index contributed by atoms with van der Waals surface area (Å²) in [6.45, 7) is 10.4. The summed E-state index contributed by atoms with van der Waals surface area (Å²) < 4.78 is 44.7. The Bertz CT molecular complexity index is 2470. The third-order valence-corrected chi connectivity index (χ3v) is 11.7. The van der Waals surface area contributed by atoms with E-state index in [2.05, 4.69) is 60.9 Å². The van der Waals surface area contributed by atoms with Crippen LogP contribution in [0.1, 0.15) is 47.0 Å². The zero-order valence-electron chi connectivity index (χ0n) is 33.2. The van der Waals surface area contributed by atoms with Gasteiger partial charge in [0, 0.05) is 44.1 Å². The second kappa shape index (κ2) is 21.0. The first kappa shape index (κ1) is 45.4. The fraction of sp³-hybridized carbons (Fsp3) is 0.343. The van der Waals surface area contributed by atoms with Crippen LogP contribution in [-0.4, -0.2) is 108 Å². The molecule has 0 radical (unpaired) electrons. The van der Waals surface area contributed by atoms with Gasteiger partial charge < -0.3 is 35.0 Å². The first-order valence-electron chi connectivity index (χ1n) is 18.1. The van der Waals surface area contributed by atoms with Crippen LogP contribution in [0.3, 0.4) is 0 Å². The molecule has 5 aromatic rings. The Hall–Kier alpha value is -5.73. The van der Waals surface area contributed by atoms with E-state index in [4.69, 9.17) is 9.47 Å². The molecular formula is C35H41N13O8S4. The molecule has 60 heavy (non-hydrogen) atoms. The number of aldehydes is 2. The van der Waals surface area contributed by atoms with E-state index in [0.717, 1.165) is 17.0 Å². The number of carbonyl (C=O) groups excluding carboxylic acids is 2. The number of carbonyl (C=O) groups is 2. The van der Waals surface area contributed by atoms with E-state index >= 15 is 0 Å². The summed E-state index contributed by atoms with van der Waals surface area (Å²) in [6, 6.07) is 6.89. The van der Waals surface area contributed by atoms with Crippen LogP contribution < -0.4 is 29.9 Å². The van der Waals surface area contributed by atoms with Gasteiger partial charge in [-0.1, -0.05) is 34.4 Å². The first-order chi connectivity index (χ1) is 28.9. The second-order valence-corrected chi connectivity index (χ2v) is 16.3. The quantitative estimate of drug-likeness (QED) is 0.0223. The normalized spacial score (nSPS) is 11.6. The van der Waals surface area contributed by atoms with Gasteiger partial charge in [0.05, 0.1) is 54.7 Å². The maximum absolute atomic E-state index is 11.8. The summed E-state index contributed by atoms with van der Waals surface area (Å²) in [5.74, 6) is 1.37. The maximum Gasteiger partial charge on any atom is 0.313 e. The third-order valence-electron chi connectivity index (χ3n) is 8.31. The van der Waals surface area contributed by atoms with Crippen molar-refractivity contribution < 1.29 is 37.1 Å². The largest absolute Gasteiger partial charge is 0.494 e. The number of azo groups is 2. The van der Waals surface area contributed by atoms with Gasteiger partial charge in [0.2, 0.25) is 27.2 Å². The molecule has 0 atom stereocenters. The van der Waals surface area contributed by atoms with Gasteiger partial charge in [0.25, 0.3) is 0 Å². The smallest absolute Gasteiger partial charge is 0.313 e. The Labute approximate surface area is 357 Å². The molecule has 0 unspecified atom stereocenters. The minimum atomic E-state index is -4.81. The highest BCUT2D eigenvalue weighted by Gasteiger charge is 2.23. The Balaban J connectivity index is 1.64. The molecule has 0 saturated carbocycles. The maximum atomic E-state index is 11.8. The van der Waals surface area contributed by atoms with Crippen molar-refractivity contribution in [3.8, 4) is 11.5 Å². The zero-order valence-corrected chi connectivity index (χ0v) is 36.4. The molecule has 0 saturated heterocycles. The van der Waals surface area contributed by atoms with Gasteiger partial charge >= 0.3 is 10.1 Å². The SMILES string of the molecule is CCN(CC)c1cc(Nc2nc(Nc3cc(N(CC)CC)c(OC)cc3N=Nc3nc(S(=O)(=O)O)c(C=O)s3)nc(SCCO)n2)c(N=Nc2ncc(C=O)s2)cc1OC. The summed E-state index contributed by atoms with van der Waals surface area (Å²) in [7, 11) is -1.76. The number of thiazole rings is 2. The third kappa shape index (κ3) is 11.1. The lowest BCUT2D eigenvalue weighted by molar-refractivity contribution is 0.111. The van der Waals surface area contributed by atoms with Crippen LogP contribution in [0.2, 0.25) is 0 Å². The van der Waals surface area contributed by atoms with Gasteiger partial charge in [0.1, 0.15) is 27.8 Å². The van der Waals surface area contributed by atoms with Gasteiger partial charge in [-0.05, 0) is 39.8 Å². The van der Waals surface area contributed by atoms with Crippen molar-refractivity contribution in [1.29, 1.82) is 0 Å². The van der Waals surface area contributed by atoms with Crippen molar-refractivity contribution in [2.45, 2.75) is 37.9 Å². The molecule has 0 aliphatic carbocycles. The molecule has 0 spiro atoms. The highest BCUT2D eigenvalue weighted by molar-refractivity contribution is 7.99. The molecule has 3 heterocycles. The number of thioether (sulfide) groups is 1. The van der Waals surface area contributed by atoms with Crippen LogP contribution in [-0.2, 0) is 10.1 Å². The summed E-state index contributed by atoms with van der Waals surface area (Å²) in [5, 5.41) is 32.7. The number of nitrogens with one attached hydrogen (secondary N) is 2. The van der Waals surface area contributed by atoms with Gasteiger partial charge in [-0.3, -0.25) is 14.1 Å². The Morgan fingerprint density at radius 2 is 1.30 bits per heavy atom. The van der Waals surface area contributed by atoms with E-state index in [1.165, 1.54) is 25.1 Å². The molecule has 0 aliphatic heterocycles. The molecule has 0 amide bonds. The van der Waals surface area contributed by atoms with Crippen molar-refractivity contribution >= 4 is 113 Å². The molecule has 3 aromatic heterocycles. The zero-order chi connectivity index (χ0) is 43.4. The van der Waals surface area contributed by atoms with Gasteiger partial charge in [-0.25, -0.2) is 9.97 Å². The van der Waals surface area contributed by atoms with Crippen LogP contribution in [0.25, 0.3) is 0 Å². The number of aliphatic hydroxyl groups is 1. The standard InChI is InChI=1S/C35H41N13O8S4/c1-7-47(8-2)25-13-21(23(15-27(25)55-5)43-45-33-36-17-20(18-50)58-33)37-31-40-32(42-34(41-31)57-12-11-49)38-22-14-26(48(9-3)10-4)28(56-6)16-24(22)44-46-35-39-30(60(52,53)54)29(19-51)59-35/h13-19,49H,7-12H2,1-6H3,(H,52,53,54)(H2,37,38,40,41,42). The van der Waals surface area contributed by atoms with E-state index in [1.54, 1.807) is 25.3 Å². The first-order valence-corrected chi connectivity index (χ1v) is 22.1. The van der Waals surface area contributed by atoms with E-state index in [9.17, 15) is 27.7 Å². The summed E-state index contributed by atoms with van der Waals surface area (Å²) in [6.07, 6.45) is 2.34. The van der Waals surface area contributed by atoms with Crippen LogP contribution in [0.5, 0.6) is 11.5 Å². The topological polar surface area (TPSA) is 272 Å². The number of hydrogen-bond acceptors (Lipinski definition) is 23. The molecular weight excluding hydrogens is 859 g/mol. The Kier molecular flexibility index (Phi) is 15.9. The molecule has 2 aromatic carbocycles. The van der Waals surface area contributed by atoms with Crippen molar-refractivity contribution in [2.75, 3.05) is 73.2 Å². The number of rotatable bonds is 22. The second-order valence-electron chi connectivity index (χ2n) is 11.8. The number of ether oxygens (including phenoxy) is 2. The van der Waals surface area contributed by atoms with Gasteiger partial charge in [0.15, 0.2) is 17.7 Å². The molecule has 0 aliphatic rings. The lowest BCUT2D eigenvalue weighted by Crippen LogP contribution is -2.22. The number of hydrogen-bond donors (Lipinski definition) is 4. The van der Waals surface area contributed by atoms with Crippen molar-refractivity contribution in [1.82, 2.24) is 24.9 Å². The van der Waals surface area contributed by atoms with E-state index in [0.29, 0.717) is 82.9 Å². The minimum Gasteiger partial charge on any atom is -0.494 e. The number of aliphatic hydroxyl groups excluding tert-OH is 1. The molecule has 0 bridgehead atoms. The molecule has 25 heteroatoms. The predicted molar refractivity (Wildman–Crippen MR) is 230 cm³/mol. The summed E-state index contributed by atoms with van der Waals surface area (Å²) in [5.41, 5.74) is 2.73. The molecule has 5 rings (SSSR count). The van der Waals surface area contributed by atoms with Crippen LogP contribution >= 0.6 is 34.4 Å². The van der Waals surface area contributed by atoms with Crippen LogP contribution in [0.4, 0.5) is 56.3 Å². The summed E-state index contributed by atoms with van der Waals surface area (Å²) >= 11 is 2.87. The van der Waals surface area contributed by atoms with E-state index in [-0.39, 0.29) is 56.5 Å². The molecule has 4 N–H and O–H groups in total. The van der Waals surface area contributed by atoms with Gasteiger partial charge in [-0.2, -0.15) is 23.4 Å². The monoisotopic (exact) mass is 899 g/mol. The number of anilines is 6. The number of nitrogens with zero attached hydrogens (tertiary/aromatic N) is 11. The molecule has 318 valence electrons.